The van der Waals surface area contributed by atoms with Gasteiger partial charge in [0.15, 0.2) is 0 Å². The maximum atomic E-state index is 12.5. The van der Waals surface area contributed by atoms with Crippen LogP contribution in [0.15, 0.2) is 48.5 Å². The van der Waals surface area contributed by atoms with Crippen molar-refractivity contribution in [2.75, 3.05) is 56.9 Å². The number of ether oxygens (including phenoxy) is 8. The van der Waals surface area contributed by atoms with Crippen molar-refractivity contribution in [2.45, 2.75) is 181 Å². The molecule has 480 valence electrons. The van der Waals surface area contributed by atoms with E-state index in [0.717, 1.165) is 196 Å². The van der Waals surface area contributed by atoms with Gasteiger partial charge in [-0.2, -0.15) is 0 Å². The number of fused-ring (bicyclic) bond motifs is 8. The number of aliphatic hydroxyl groups is 4. The van der Waals surface area contributed by atoms with Gasteiger partial charge in [-0.15, -0.1) is 0 Å². The van der Waals surface area contributed by atoms with E-state index in [0.29, 0.717) is 23.0 Å². The van der Waals surface area contributed by atoms with E-state index in [-0.39, 0.29) is 46.8 Å². The number of aliphatic hydroxyl groups excluding tert-OH is 4. The van der Waals surface area contributed by atoms with Crippen LogP contribution in [0.5, 0.6) is 46.0 Å². The Morgan fingerprint density at radius 3 is 0.636 bits per heavy atom. The summed E-state index contributed by atoms with van der Waals surface area (Å²) in [6.45, 7) is 6.50. The molecule has 4 aromatic carbocycles. The zero-order valence-corrected chi connectivity index (χ0v) is 54.1. The van der Waals surface area contributed by atoms with Crippen LogP contribution < -0.4 is 37.9 Å². The lowest BCUT2D eigenvalue weighted by molar-refractivity contribution is -0.146. The Bertz CT molecular complexity index is 2800. The first-order valence-electron chi connectivity index (χ1n) is 31.9. The summed E-state index contributed by atoms with van der Waals surface area (Å²) in [5.74, 6) is 6.81. The van der Waals surface area contributed by atoms with E-state index in [1.165, 1.54) is 0 Å². The molecule has 0 saturated heterocycles. The van der Waals surface area contributed by atoms with Gasteiger partial charge in [0.25, 0.3) is 0 Å². The highest BCUT2D eigenvalue weighted by molar-refractivity contribution is 5.87. The van der Waals surface area contributed by atoms with Gasteiger partial charge >= 0.3 is 0 Å². The van der Waals surface area contributed by atoms with Gasteiger partial charge in [0, 0.05) is 44.5 Å². The van der Waals surface area contributed by atoms with Gasteiger partial charge in [0.05, 0.1) is 103 Å². The Hall–Kier alpha value is -6.20. The average molecular weight is 1220 g/mol. The number of carbonyl (C=O) groups excluding carboxylic acids is 4. The Morgan fingerprint density at radius 1 is 0.307 bits per heavy atom. The normalized spacial score (nSPS) is 30.2. The van der Waals surface area contributed by atoms with Gasteiger partial charge in [-0.3, -0.25) is 19.2 Å². The molecule has 0 heterocycles. The monoisotopic (exact) mass is 1220 g/mol. The highest BCUT2D eigenvalue weighted by Crippen LogP contribution is 2.63. The van der Waals surface area contributed by atoms with Crippen molar-refractivity contribution in [1.29, 1.82) is 0 Å². The van der Waals surface area contributed by atoms with Crippen LogP contribution in [0.4, 0.5) is 0 Å². The Morgan fingerprint density at radius 2 is 0.477 bits per heavy atom. The summed E-state index contributed by atoms with van der Waals surface area (Å²) in [5.41, 5.74) is 4.33. The molecule has 12 rings (SSSR count). The molecular weight excluding hydrogens is 1120 g/mol. The van der Waals surface area contributed by atoms with Gasteiger partial charge in [-0.05, 0) is 177 Å². The Kier molecular flexibility index (Phi) is 20.4. The van der Waals surface area contributed by atoms with Gasteiger partial charge in [-0.25, -0.2) is 0 Å². The van der Waals surface area contributed by atoms with Crippen LogP contribution in [0, 0.1) is 45.3 Å². The number of Topliss-reactive ketones (excluding diaryl/α,β-unsaturated/α-hetero) is 4. The molecule has 0 amide bonds. The van der Waals surface area contributed by atoms with E-state index in [2.05, 4.69) is 0 Å². The molecule has 4 aromatic rings. The van der Waals surface area contributed by atoms with Crippen LogP contribution in [-0.4, -0.2) is 100 Å². The summed E-state index contributed by atoms with van der Waals surface area (Å²) < 4.78 is 43.8. The maximum Gasteiger partial charge on any atom is 0.139 e. The van der Waals surface area contributed by atoms with Crippen molar-refractivity contribution in [3.8, 4) is 46.0 Å². The second-order valence-electron chi connectivity index (χ2n) is 26.0. The standard InChI is InChI=1S/4C18H24O4/c4*1-11(19)18-9-5-4-6-12(18)10-13-14(21-2)7-8-15(22-3)16(13)17(18)20/h4*7-8,12,17,20H,4-6,9-10H2,1-3H3/t4*12-,17-,18+/m0000/s1. The molecule has 0 radical (unpaired) electrons. The van der Waals surface area contributed by atoms with E-state index in [1.807, 2.05) is 48.5 Å². The fourth-order valence-electron chi connectivity index (χ4n) is 18.3. The van der Waals surface area contributed by atoms with E-state index < -0.39 is 46.1 Å². The summed E-state index contributed by atoms with van der Waals surface area (Å²) >= 11 is 0. The number of carbonyl (C=O) groups is 4. The lowest BCUT2D eigenvalue weighted by atomic mass is 9.55. The highest BCUT2D eigenvalue weighted by Gasteiger charge is 2.59. The molecule has 8 aliphatic carbocycles. The molecule has 0 bridgehead atoms. The second-order valence-corrected chi connectivity index (χ2v) is 26.0. The van der Waals surface area contributed by atoms with Crippen LogP contribution in [0.1, 0.15) is 199 Å². The molecule has 4 saturated carbocycles. The maximum absolute atomic E-state index is 12.5. The number of methoxy groups -OCH3 is 8. The molecule has 0 aromatic heterocycles. The molecule has 16 heteroatoms. The SMILES string of the molecule is COc1ccc(OC)c2c1C[C@@H]1CCCC[C@]1(C(C)=O)[C@H]2O.COc1ccc(OC)c2c1C[C@@H]1CCCC[C@]1(C(C)=O)[C@H]2O.COc1ccc(OC)c2c1C[C@@H]1CCCC[C@]1(C(C)=O)[C@H]2O.COc1ccc(OC)c2c1C[C@@H]1CCCC[C@]1(C(C)=O)[C@H]2O. The molecule has 4 N–H and O–H groups in total. The van der Waals surface area contributed by atoms with Gasteiger partial charge in [0.2, 0.25) is 0 Å². The topological polar surface area (TPSA) is 223 Å². The fraction of sp³-hybridized carbons (Fsp3) is 0.611. The number of hydrogen-bond acceptors (Lipinski definition) is 16. The van der Waals surface area contributed by atoms with Crippen LogP contribution in [0.25, 0.3) is 0 Å². The molecule has 88 heavy (non-hydrogen) atoms. The summed E-state index contributed by atoms with van der Waals surface area (Å²) in [4.78, 5) is 50.0. The predicted octanol–water partition coefficient (Wildman–Crippen LogP) is 12.2. The van der Waals surface area contributed by atoms with Crippen molar-refractivity contribution >= 4 is 23.1 Å². The van der Waals surface area contributed by atoms with Gasteiger partial charge in [0.1, 0.15) is 69.1 Å². The van der Waals surface area contributed by atoms with E-state index in [1.54, 1.807) is 84.6 Å². The highest BCUT2D eigenvalue weighted by atomic mass is 16.5. The third-order valence-corrected chi connectivity index (χ3v) is 22.8. The van der Waals surface area contributed by atoms with E-state index >= 15 is 0 Å². The van der Waals surface area contributed by atoms with Gasteiger partial charge < -0.3 is 58.3 Å². The van der Waals surface area contributed by atoms with Crippen molar-refractivity contribution in [2.24, 2.45) is 45.3 Å². The molecule has 4 fully saturated rings. The molecule has 0 unspecified atom stereocenters. The number of ketones is 4. The molecule has 0 spiro atoms. The number of hydrogen-bond donors (Lipinski definition) is 4. The minimum Gasteiger partial charge on any atom is -0.496 e. The van der Waals surface area contributed by atoms with Crippen molar-refractivity contribution < 1.29 is 77.5 Å². The molecule has 8 aliphatic rings. The predicted molar refractivity (Wildman–Crippen MR) is 333 cm³/mol. The molecule has 12 atom stereocenters. The fourth-order valence-corrected chi connectivity index (χ4v) is 18.3. The Balaban J connectivity index is 0.000000140. The molecular formula is C72H96O16. The van der Waals surface area contributed by atoms with Crippen molar-refractivity contribution in [3.05, 3.63) is 93.0 Å². The van der Waals surface area contributed by atoms with Crippen LogP contribution in [0.2, 0.25) is 0 Å². The first-order valence-corrected chi connectivity index (χ1v) is 31.9. The van der Waals surface area contributed by atoms with Gasteiger partial charge in [-0.1, -0.05) is 51.4 Å². The third kappa shape index (κ3) is 10.8. The van der Waals surface area contributed by atoms with Crippen LogP contribution in [0.3, 0.4) is 0 Å². The molecule has 0 aliphatic heterocycles. The Labute approximate surface area is 520 Å². The van der Waals surface area contributed by atoms with Crippen LogP contribution in [-0.2, 0) is 44.9 Å². The third-order valence-electron chi connectivity index (χ3n) is 22.8. The summed E-state index contributed by atoms with van der Waals surface area (Å²) in [6.07, 6.45) is 15.2. The summed E-state index contributed by atoms with van der Waals surface area (Å²) in [5, 5.41) is 44.6. The number of rotatable bonds is 12. The smallest absolute Gasteiger partial charge is 0.139 e. The second kappa shape index (κ2) is 27.1. The lowest BCUT2D eigenvalue weighted by Gasteiger charge is -2.49. The van der Waals surface area contributed by atoms with Crippen molar-refractivity contribution in [3.63, 3.8) is 0 Å². The zero-order chi connectivity index (χ0) is 63.6. The van der Waals surface area contributed by atoms with Crippen LogP contribution >= 0.6 is 0 Å². The molecule has 16 nitrogen and oxygen atoms in total. The quantitative estimate of drug-likeness (QED) is 0.104. The van der Waals surface area contributed by atoms with Crippen molar-refractivity contribution in [1.82, 2.24) is 0 Å². The largest absolute Gasteiger partial charge is 0.496 e. The average Bonchev–Trinajstić information content (AvgIpc) is 0.818. The lowest BCUT2D eigenvalue weighted by Crippen LogP contribution is -2.48. The van der Waals surface area contributed by atoms with E-state index in [9.17, 15) is 39.6 Å². The number of benzene rings is 4. The summed E-state index contributed by atoms with van der Waals surface area (Å²) in [7, 11) is 13.0. The first kappa shape index (κ1) is 66.2. The minimum atomic E-state index is -0.816. The first-order chi connectivity index (χ1) is 42.2. The summed E-state index contributed by atoms with van der Waals surface area (Å²) in [6, 6.07) is 14.8. The zero-order valence-electron chi connectivity index (χ0n) is 54.1. The van der Waals surface area contributed by atoms with E-state index in [4.69, 9.17) is 37.9 Å². The minimum absolute atomic E-state index is 0.0974.